The fraction of sp³-hybridized carbons (Fsp3) is 0.750. The summed E-state index contributed by atoms with van der Waals surface area (Å²) >= 11 is 0. The van der Waals surface area contributed by atoms with Gasteiger partial charge in [0.15, 0.2) is 5.88 Å². The molecule has 0 rings (SSSR count). The summed E-state index contributed by atoms with van der Waals surface area (Å²) in [6.45, 7) is 7.25. The third-order valence-corrected chi connectivity index (χ3v) is 5.62. The van der Waals surface area contributed by atoms with Crippen LogP contribution in [0.1, 0.15) is 89.9 Å². The standard InChI is InChI=1S/C24H44N2O8.2K/c1-21(33-31)26(22(2)34-32)18-16-14-12-10-8-6-4-3-5-7-9-11-13-15-17-25(19-23(27)28)20-24(29)30;;/h31-32H,1-20H2,(H,27,28)(H,29,30);;/q;2*+1/p-2. The Hall–Kier alpha value is 0.973. The minimum atomic E-state index is -1.25. The van der Waals surface area contributed by atoms with E-state index in [-0.39, 0.29) is 128 Å². The number of carboxylic acids is 2. The zero-order chi connectivity index (χ0) is 25.6. The Morgan fingerprint density at radius 1 is 0.694 bits per heavy atom. The molecule has 12 heteroatoms. The molecule has 0 bridgehead atoms. The molecule has 0 aliphatic heterocycles. The first-order valence-electron chi connectivity index (χ1n) is 12.2. The minimum absolute atomic E-state index is 0. The van der Waals surface area contributed by atoms with Crippen LogP contribution in [-0.4, -0.2) is 58.3 Å². The molecule has 36 heavy (non-hydrogen) atoms. The molecule has 2 N–H and O–H groups in total. The quantitative estimate of drug-likeness (QED) is 0.0379. The molecule has 0 aromatic rings. The minimum Gasteiger partial charge on any atom is -0.663 e. The number of nitrogens with zero attached hydrogens (tertiary/aromatic N) is 2. The average molecular weight is 565 g/mol. The van der Waals surface area contributed by atoms with E-state index < -0.39 is 11.9 Å². The van der Waals surface area contributed by atoms with Crippen molar-refractivity contribution < 1.29 is 143 Å². The van der Waals surface area contributed by atoms with Crippen molar-refractivity contribution >= 4 is 11.9 Å². The molecule has 0 amide bonds. The molecule has 0 aliphatic rings. The first-order valence-corrected chi connectivity index (χ1v) is 12.2. The molecule has 0 heterocycles. The number of hydrogen-bond acceptors (Lipinski definition) is 9. The summed E-state index contributed by atoms with van der Waals surface area (Å²) in [7, 11) is 0. The van der Waals surface area contributed by atoms with E-state index in [1.807, 2.05) is 0 Å². The normalized spacial score (nSPS) is 10.2. The maximum atomic E-state index is 10.7. The van der Waals surface area contributed by atoms with Gasteiger partial charge in [-0.15, -0.1) is 0 Å². The van der Waals surface area contributed by atoms with Crippen molar-refractivity contribution in [3.8, 4) is 0 Å². The van der Waals surface area contributed by atoms with Gasteiger partial charge in [-0.3, -0.25) is 14.6 Å². The van der Waals surface area contributed by atoms with Gasteiger partial charge in [0.1, 0.15) is 0 Å². The SMILES string of the molecule is C=C(O[O-])N(CCCCCCCCCCCCCCCCN(CC(=O)[O-])CC(=O)O)C(=C)OO.[K+].[K+]. The Kier molecular flexibility index (Phi) is 33.4. The van der Waals surface area contributed by atoms with Gasteiger partial charge >= 0.3 is 109 Å². The van der Waals surface area contributed by atoms with E-state index in [2.05, 4.69) is 22.9 Å². The maximum absolute atomic E-state index is 10.7. The number of unbranched alkanes of at least 4 members (excludes halogenated alkanes) is 13. The Balaban J connectivity index is -0.00000544. The van der Waals surface area contributed by atoms with E-state index in [1.54, 1.807) is 0 Å². The molecule has 198 valence electrons. The second-order valence-corrected chi connectivity index (χ2v) is 8.54. The molecule has 0 spiro atoms. The summed E-state index contributed by atoms with van der Waals surface area (Å²) in [5.74, 6) is -2.52. The monoisotopic (exact) mass is 564 g/mol. The van der Waals surface area contributed by atoms with Crippen molar-refractivity contribution in [1.29, 1.82) is 0 Å². The first kappa shape index (κ1) is 41.5. The van der Waals surface area contributed by atoms with Gasteiger partial charge in [0.2, 0.25) is 5.88 Å². The molecule has 0 aliphatic carbocycles. The Bertz CT molecular complexity index is 564. The average Bonchev–Trinajstić information content (AvgIpc) is 2.79. The Morgan fingerprint density at radius 2 is 1.08 bits per heavy atom. The van der Waals surface area contributed by atoms with Crippen LogP contribution in [0, 0.1) is 0 Å². The van der Waals surface area contributed by atoms with E-state index >= 15 is 0 Å². The topological polar surface area (TPSA) is 146 Å². The zero-order valence-electron chi connectivity index (χ0n) is 22.4. The van der Waals surface area contributed by atoms with Gasteiger partial charge < -0.3 is 30.0 Å². The summed E-state index contributed by atoms with van der Waals surface area (Å²) in [6.07, 6.45) is 15.3. The number of carbonyl (C=O) groups excluding carboxylic acids is 1. The molecule has 0 atom stereocenters. The van der Waals surface area contributed by atoms with Gasteiger partial charge in [0, 0.05) is 13.1 Å². The van der Waals surface area contributed by atoms with Crippen LogP contribution < -0.4 is 113 Å². The second-order valence-electron chi connectivity index (χ2n) is 8.54. The van der Waals surface area contributed by atoms with Gasteiger partial charge in [-0.1, -0.05) is 77.0 Å². The number of rotatable bonds is 25. The summed E-state index contributed by atoms with van der Waals surface area (Å²) in [4.78, 5) is 32.0. The predicted molar refractivity (Wildman–Crippen MR) is 124 cm³/mol. The number of carboxylic acid groups (broad SMARTS) is 2. The molecule has 0 fully saturated rings. The van der Waals surface area contributed by atoms with Crippen molar-refractivity contribution in [2.75, 3.05) is 26.2 Å². The molecule has 0 aromatic heterocycles. The van der Waals surface area contributed by atoms with E-state index in [4.69, 9.17) is 10.4 Å². The molecule has 10 nitrogen and oxygen atoms in total. The molecule has 0 saturated carbocycles. The molecular formula is C24H42K2N2O8. The van der Waals surface area contributed by atoms with Crippen LogP contribution in [0.25, 0.3) is 0 Å². The molecule has 0 unspecified atom stereocenters. The fourth-order valence-electron chi connectivity index (χ4n) is 3.80. The van der Waals surface area contributed by atoms with E-state index in [9.17, 15) is 20.0 Å². The first-order chi connectivity index (χ1) is 16.3. The third-order valence-electron chi connectivity index (χ3n) is 5.62. The van der Waals surface area contributed by atoms with E-state index in [0.717, 1.165) is 51.4 Å². The number of aliphatic carboxylic acids is 2. The summed E-state index contributed by atoms with van der Waals surface area (Å²) in [5, 5.41) is 38.6. The van der Waals surface area contributed by atoms with Gasteiger partial charge in [-0.2, -0.15) is 0 Å². The van der Waals surface area contributed by atoms with E-state index in [0.29, 0.717) is 13.1 Å². The van der Waals surface area contributed by atoms with Crippen molar-refractivity contribution in [3.05, 3.63) is 24.9 Å². The smallest absolute Gasteiger partial charge is 0.663 e. The van der Waals surface area contributed by atoms with Gasteiger partial charge in [-0.05, 0) is 32.5 Å². The molecule has 0 radical (unpaired) electrons. The van der Waals surface area contributed by atoms with Crippen molar-refractivity contribution in [2.24, 2.45) is 0 Å². The third kappa shape index (κ3) is 25.3. The predicted octanol–water partition coefficient (Wildman–Crippen LogP) is -3.38. The largest absolute Gasteiger partial charge is 1.00 e. The number of hydrogen-bond donors (Lipinski definition) is 2. The van der Waals surface area contributed by atoms with E-state index in [1.165, 1.54) is 48.3 Å². The Labute approximate surface area is 301 Å². The van der Waals surface area contributed by atoms with Crippen LogP contribution in [0.3, 0.4) is 0 Å². The number of carbonyl (C=O) groups is 2. The van der Waals surface area contributed by atoms with Crippen LogP contribution in [0.2, 0.25) is 0 Å². The van der Waals surface area contributed by atoms with Gasteiger partial charge in [-0.25, -0.2) is 5.26 Å². The molecule has 0 saturated heterocycles. The van der Waals surface area contributed by atoms with Gasteiger partial charge in [0.25, 0.3) is 0 Å². The van der Waals surface area contributed by atoms with Crippen molar-refractivity contribution in [1.82, 2.24) is 9.80 Å². The Morgan fingerprint density at radius 3 is 1.42 bits per heavy atom. The summed E-state index contributed by atoms with van der Waals surface area (Å²) in [6, 6.07) is 0. The summed E-state index contributed by atoms with van der Waals surface area (Å²) < 4.78 is 0. The summed E-state index contributed by atoms with van der Waals surface area (Å²) in [5.41, 5.74) is 0. The van der Waals surface area contributed by atoms with Crippen LogP contribution in [0.4, 0.5) is 0 Å². The fourth-order valence-corrected chi connectivity index (χ4v) is 3.80. The van der Waals surface area contributed by atoms with Crippen molar-refractivity contribution in [3.63, 3.8) is 0 Å². The van der Waals surface area contributed by atoms with Crippen LogP contribution in [0.5, 0.6) is 0 Å². The van der Waals surface area contributed by atoms with Gasteiger partial charge in [0.05, 0.1) is 12.5 Å². The molecular weight excluding hydrogens is 522 g/mol. The van der Waals surface area contributed by atoms with Crippen molar-refractivity contribution in [2.45, 2.75) is 89.9 Å². The maximum Gasteiger partial charge on any atom is 1.00 e. The molecule has 0 aromatic carbocycles. The van der Waals surface area contributed by atoms with Crippen LogP contribution in [0.15, 0.2) is 24.9 Å². The van der Waals surface area contributed by atoms with Crippen LogP contribution in [-0.2, 0) is 19.4 Å². The second kappa shape index (κ2) is 29.0. The van der Waals surface area contributed by atoms with Crippen LogP contribution >= 0.6 is 0 Å². The zero-order valence-corrected chi connectivity index (χ0v) is 28.6.